The smallest absolute Gasteiger partial charge is 0.0473 e. The predicted octanol–water partition coefficient (Wildman–Crippen LogP) is 1.67. The second kappa shape index (κ2) is 5.25. The van der Waals surface area contributed by atoms with Gasteiger partial charge in [-0.1, -0.05) is 6.92 Å². The molecule has 0 amide bonds. The van der Waals surface area contributed by atoms with Crippen LogP contribution in [0.1, 0.15) is 46.5 Å². The van der Waals surface area contributed by atoms with Gasteiger partial charge in [0.05, 0.1) is 0 Å². The summed E-state index contributed by atoms with van der Waals surface area (Å²) in [4.78, 5) is 5.34. The van der Waals surface area contributed by atoms with Gasteiger partial charge in [0, 0.05) is 37.3 Å². The van der Waals surface area contributed by atoms with Crippen LogP contribution in [-0.2, 0) is 0 Å². The highest BCUT2D eigenvalue weighted by atomic mass is 15.3. The van der Waals surface area contributed by atoms with Gasteiger partial charge in [0.2, 0.25) is 0 Å². The second-order valence-corrected chi connectivity index (χ2v) is 6.14. The van der Waals surface area contributed by atoms with Gasteiger partial charge in [0.25, 0.3) is 0 Å². The van der Waals surface area contributed by atoms with Crippen molar-refractivity contribution in [2.45, 2.75) is 64.1 Å². The fraction of sp³-hybridized carbons (Fsp3) is 1.00. The average Bonchev–Trinajstić information content (AvgIpc) is 2.96. The summed E-state index contributed by atoms with van der Waals surface area (Å²) in [5.41, 5.74) is 6.44. The lowest BCUT2D eigenvalue weighted by atomic mass is 9.94. The Bertz CT molecular complexity index is 254. The van der Waals surface area contributed by atoms with Gasteiger partial charge >= 0.3 is 0 Å². The van der Waals surface area contributed by atoms with Crippen molar-refractivity contribution in [2.75, 3.05) is 26.2 Å². The first-order valence-corrected chi connectivity index (χ1v) is 7.34. The van der Waals surface area contributed by atoms with E-state index in [0.29, 0.717) is 6.04 Å². The Balaban J connectivity index is 2.10. The Hall–Kier alpha value is -0.120. The molecule has 0 radical (unpaired) electrons. The van der Waals surface area contributed by atoms with Crippen molar-refractivity contribution in [3.8, 4) is 0 Å². The van der Waals surface area contributed by atoms with Crippen molar-refractivity contribution < 1.29 is 0 Å². The van der Waals surface area contributed by atoms with Gasteiger partial charge in [-0.05, 0) is 46.1 Å². The first-order chi connectivity index (χ1) is 8.13. The SMILES string of the molecule is CCC1CCCN1C1(CN)CCN(C(C)C)C1. The molecule has 17 heavy (non-hydrogen) atoms. The van der Waals surface area contributed by atoms with Crippen molar-refractivity contribution in [1.29, 1.82) is 0 Å². The molecule has 2 unspecified atom stereocenters. The minimum Gasteiger partial charge on any atom is -0.329 e. The van der Waals surface area contributed by atoms with Crippen LogP contribution in [0.25, 0.3) is 0 Å². The van der Waals surface area contributed by atoms with E-state index in [9.17, 15) is 0 Å². The van der Waals surface area contributed by atoms with Crippen LogP contribution in [0, 0.1) is 0 Å². The Morgan fingerprint density at radius 3 is 2.65 bits per heavy atom. The molecule has 2 fully saturated rings. The van der Waals surface area contributed by atoms with Crippen LogP contribution < -0.4 is 5.73 Å². The molecule has 0 aromatic heterocycles. The third kappa shape index (κ3) is 2.38. The van der Waals surface area contributed by atoms with Gasteiger partial charge in [-0.15, -0.1) is 0 Å². The van der Waals surface area contributed by atoms with Crippen LogP contribution in [-0.4, -0.2) is 53.6 Å². The maximum absolute atomic E-state index is 6.16. The van der Waals surface area contributed by atoms with Crippen molar-refractivity contribution in [1.82, 2.24) is 9.80 Å². The van der Waals surface area contributed by atoms with E-state index in [0.717, 1.165) is 12.6 Å². The summed E-state index contributed by atoms with van der Waals surface area (Å²) in [7, 11) is 0. The van der Waals surface area contributed by atoms with Crippen molar-refractivity contribution in [3.63, 3.8) is 0 Å². The lowest BCUT2D eigenvalue weighted by Gasteiger charge is -2.42. The van der Waals surface area contributed by atoms with Gasteiger partial charge in [-0.2, -0.15) is 0 Å². The van der Waals surface area contributed by atoms with Crippen LogP contribution in [0.5, 0.6) is 0 Å². The Kier molecular flexibility index (Phi) is 4.11. The van der Waals surface area contributed by atoms with E-state index in [-0.39, 0.29) is 5.54 Å². The summed E-state index contributed by atoms with van der Waals surface area (Å²) in [6.45, 7) is 11.4. The van der Waals surface area contributed by atoms with Gasteiger partial charge in [0.1, 0.15) is 0 Å². The van der Waals surface area contributed by atoms with Crippen LogP contribution in [0.15, 0.2) is 0 Å². The average molecular weight is 239 g/mol. The quantitative estimate of drug-likeness (QED) is 0.810. The van der Waals surface area contributed by atoms with E-state index in [4.69, 9.17) is 5.73 Å². The summed E-state index contributed by atoms with van der Waals surface area (Å²) in [6, 6.07) is 1.44. The zero-order chi connectivity index (χ0) is 12.5. The molecule has 0 saturated carbocycles. The van der Waals surface area contributed by atoms with E-state index in [1.165, 1.54) is 45.3 Å². The molecular weight excluding hydrogens is 210 g/mol. The van der Waals surface area contributed by atoms with Gasteiger partial charge in [-0.25, -0.2) is 0 Å². The summed E-state index contributed by atoms with van der Waals surface area (Å²) < 4.78 is 0. The summed E-state index contributed by atoms with van der Waals surface area (Å²) >= 11 is 0. The van der Waals surface area contributed by atoms with Crippen LogP contribution in [0.2, 0.25) is 0 Å². The molecule has 2 rings (SSSR count). The second-order valence-electron chi connectivity index (χ2n) is 6.14. The molecule has 2 aliphatic rings. The van der Waals surface area contributed by atoms with Crippen molar-refractivity contribution in [2.24, 2.45) is 5.73 Å². The van der Waals surface area contributed by atoms with Crippen LogP contribution >= 0.6 is 0 Å². The fourth-order valence-corrected chi connectivity index (χ4v) is 3.73. The standard InChI is InChI=1S/C14H29N3/c1-4-13-6-5-8-17(13)14(10-15)7-9-16(11-14)12(2)3/h12-13H,4-11,15H2,1-3H3. The Morgan fingerprint density at radius 1 is 1.35 bits per heavy atom. The van der Waals surface area contributed by atoms with Gasteiger partial charge in [-0.3, -0.25) is 9.80 Å². The van der Waals surface area contributed by atoms with Crippen LogP contribution in [0.3, 0.4) is 0 Å². The molecule has 0 bridgehead atoms. The van der Waals surface area contributed by atoms with E-state index in [1.54, 1.807) is 0 Å². The van der Waals surface area contributed by atoms with Gasteiger partial charge < -0.3 is 5.73 Å². The molecule has 2 aliphatic heterocycles. The number of rotatable bonds is 4. The zero-order valence-electron chi connectivity index (χ0n) is 11.8. The highest BCUT2D eigenvalue weighted by molar-refractivity contribution is 5.04. The third-order valence-electron chi connectivity index (χ3n) is 4.93. The summed E-state index contributed by atoms with van der Waals surface area (Å²) in [6.07, 6.45) is 5.28. The molecule has 100 valence electrons. The molecule has 3 heteroatoms. The number of nitrogens with two attached hydrogens (primary N) is 1. The van der Waals surface area contributed by atoms with Gasteiger partial charge in [0.15, 0.2) is 0 Å². The summed E-state index contributed by atoms with van der Waals surface area (Å²) in [5.74, 6) is 0. The topological polar surface area (TPSA) is 32.5 Å². The van der Waals surface area contributed by atoms with Crippen molar-refractivity contribution in [3.05, 3.63) is 0 Å². The minimum absolute atomic E-state index is 0.279. The largest absolute Gasteiger partial charge is 0.329 e. The maximum atomic E-state index is 6.16. The first kappa shape index (κ1) is 13.3. The highest BCUT2D eigenvalue weighted by Crippen LogP contribution is 2.35. The molecule has 2 N–H and O–H groups in total. The molecule has 0 aromatic carbocycles. The lowest BCUT2D eigenvalue weighted by molar-refractivity contribution is 0.0795. The minimum atomic E-state index is 0.279. The highest BCUT2D eigenvalue weighted by Gasteiger charge is 2.45. The molecular formula is C14H29N3. The van der Waals surface area contributed by atoms with E-state index < -0.39 is 0 Å². The molecule has 2 heterocycles. The monoisotopic (exact) mass is 239 g/mol. The molecule has 2 saturated heterocycles. The number of hydrogen-bond donors (Lipinski definition) is 1. The van der Waals surface area contributed by atoms with E-state index in [1.807, 2.05) is 0 Å². The summed E-state index contributed by atoms with van der Waals surface area (Å²) in [5, 5.41) is 0. The van der Waals surface area contributed by atoms with Crippen molar-refractivity contribution >= 4 is 0 Å². The number of hydrogen-bond acceptors (Lipinski definition) is 3. The lowest BCUT2D eigenvalue weighted by Crippen LogP contribution is -2.57. The number of likely N-dealkylation sites (tertiary alicyclic amines) is 2. The normalized spacial score (nSPS) is 36.2. The first-order valence-electron chi connectivity index (χ1n) is 7.34. The fourth-order valence-electron chi connectivity index (χ4n) is 3.73. The maximum Gasteiger partial charge on any atom is 0.0473 e. The third-order valence-corrected chi connectivity index (χ3v) is 4.93. The predicted molar refractivity (Wildman–Crippen MR) is 73.1 cm³/mol. The van der Waals surface area contributed by atoms with E-state index in [2.05, 4.69) is 30.6 Å². The molecule has 2 atom stereocenters. The zero-order valence-corrected chi connectivity index (χ0v) is 11.8. The molecule has 0 spiro atoms. The Labute approximate surface area is 106 Å². The molecule has 3 nitrogen and oxygen atoms in total. The number of nitrogens with zero attached hydrogens (tertiary/aromatic N) is 2. The molecule has 0 aromatic rings. The Morgan fingerprint density at radius 2 is 2.12 bits per heavy atom. The molecule has 0 aliphatic carbocycles. The van der Waals surface area contributed by atoms with Crippen LogP contribution in [0.4, 0.5) is 0 Å². The van der Waals surface area contributed by atoms with E-state index >= 15 is 0 Å².